The van der Waals surface area contributed by atoms with Crippen LogP contribution in [0.1, 0.15) is 18.1 Å². The van der Waals surface area contributed by atoms with Gasteiger partial charge in [0.05, 0.1) is 5.60 Å². The van der Waals surface area contributed by atoms with Crippen LogP contribution in [0.2, 0.25) is 0 Å². The third-order valence-electron chi connectivity index (χ3n) is 2.76. The maximum Gasteiger partial charge on any atom is 0.0908 e. The van der Waals surface area contributed by atoms with Gasteiger partial charge in [-0.25, -0.2) is 0 Å². The Morgan fingerprint density at radius 3 is 2.29 bits per heavy atom. The molecule has 0 aliphatic rings. The SMILES string of the molecule is CC(O)(Cc1ccncc1)c1ccc(I)cc1. The fourth-order valence-electron chi connectivity index (χ4n) is 1.81. The minimum Gasteiger partial charge on any atom is -0.385 e. The molecule has 88 valence electrons. The molecular formula is C14H14INO. The van der Waals surface area contributed by atoms with E-state index >= 15 is 0 Å². The van der Waals surface area contributed by atoms with Crippen LogP contribution in [-0.4, -0.2) is 10.1 Å². The smallest absolute Gasteiger partial charge is 0.0908 e. The van der Waals surface area contributed by atoms with E-state index in [4.69, 9.17) is 0 Å². The van der Waals surface area contributed by atoms with Gasteiger partial charge in [-0.05, 0) is 64.9 Å². The summed E-state index contributed by atoms with van der Waals surface area (Å²) in [5.41, 5.74) is 1.18. The fraction of sp³-hybridized carbons (Fsp3) is 0.214. The molecule has 0 fully saturated rings. The van der Waals surface area contributed by atoms with Gasteiger partial charge in [0.15, 0.2) is 0 Å². The first-order valence-corrected chi connectivity index (χ1v) is 6.53. The Hall–Kier alpha value is -0.940. The summed E-state index contributed by atoms with van der Waals surface area (Å²) in [4.78, 5) is 3.98. The van der Waals surface area contributed by atoms with E-state index in [0.717, 1.165) is 11.1 Å². The number of aliphatic hydroxyl groups is 1. The van der Waals surface area contributed by atoms with Crippen LogP contribution in [0.3, 0.4) is 0 Å². The van der Waals surface area contributed by atoms with Crippen LogP contribution in [0, 0.1) is 3.57 Å². The molecule has 0 aliphatic heterocycles. The number of hydrogen-bond acceptors (Lipinski definition) is 2. The Labute approximate surface area is 115 Å². The van der Waals surface area contributed by atoms with Crippen molar-refractivity contribution in [3.8, 4) is 0 Å². The third kappa shape index (κ3) is 3.26. The van der Waals surface area contributed by atoms with Crippen molar-refractivity contribution in [2.45, 2.75) is 18.9 Å². The van der Waals surface area contributed by atoms with Gasteiger partial charge in [0.1, 0.15) is 0 Å². The number of pyridine rings is 1. The van der Waals surface area contributed by atoms with E-state index in [1.54, 1.807) is 12.4 Å². The summed E-state index contributed by atoms with van der Waals surface area (Å²) in [7, 11) is 0. The summed E-state index contributed by atoms with van der Waals surface area (Å²) in [6.07, 6.45) is 4.09. The Morgan fingerprint density at radius 2 is 1.71 bits per heavy atom. The van der Waals surface area contributed by atoms with Crippen LogP contribution in [-0.2, 0) is 12.0 Å². The fourth-order valence-corrected chi connectivity index (χ4v) is 2.17. The lowest BCUT2D eigenvalue weighted by Gasteiger charge is -2.24. The predicted molar refractivity (Wildman–Crippen MR) is 76.7 cm³/mol. The van der Waals surface area contributed by atoms with Gasteiger partial charge in [0.2, 0.25) is 0 Å². The van der Waals surface area contributed by atoms with Crippen molar-refractivity contribution in [1.29, 1.82) is 0 Å². The number of nitrogens with zero attached hydrogens (tertiary/aromatic N) is 1. The van der Waals surface area contributed by atoms with Crippen LogP contribution >= 0.6 is 22.6 Å². The van der Waals surface area contributed by atoms with Gasteiger partial charge in [-0.2, -0.15) is 0 Å². The van der Waals surface area contributed by atoms with Gasteiger partial charge in [-0.1, -0.05) is 12.1 Å². The molecule has 1 heterocycles. The number of benzene rings is 1. The van der Waals surface area contributed by atoms with Crippen molar-refractivity contribution in [2.24, 2.45) is 0 Å². The average Bonchev–Trinajstić information content (AvgIpc) is 2.30. The van der Waals surface area contributed by atoms with E-state index in [1.807, 2.05) is 43.3 Å². The van der Waals surface area contributed by atoms with Gasteiger partial charge >= 0.3 is 0 Å². The van der Waals surface area contributed by atoms with Crippen molar-refractivity contribution in [1.82, 2.24) is 4.98 Å². The summed E-state index contributed by atoms with van der Waals surface area (Å²) < 4.78 is 1.17. The molecule has 0 aliphatic carbocycles. The van der Waals surface area contributed by atoms with E-state index in [-0.39, 0.29) is 0 Å². The first kappa shape index (κ1) is 12.5. The first-order valence-electron chi connectivity index (χ1n) is 5.45. The topological polar surface area (TPSA) is 33.1 Å². The van der Waals surface area contributed by atoms with Gasteiger partial charge in [0.25, 0.3) is 0 Å². The highest BCUT2D eigenvalue weighted by molar-refractivity contribution is 14.1. The van der Waals surface area contributed by atoms with E-state index in [0.29, 0.717) is 6.42 Å². The zero-order valence-corrected chi connectivity index (χ0v) is 11.8. The minimum atomic E-state index is -0.842. The van der Waals surface area contributed by atoms with Crippen molar-refractivity contribution in [3.63, 3.8) is 0 Å². The van der Waals surface area contributed by atoms with Gasteiger partial charge in [0, 0.05) is 22.4 Å². The number of hydrogen-bond donors (Lipinski definition) is 1. The van der Waals surface area contributed by atoms with Gasteiger partial charge in [-0.3, -0.25) is 4.98 Å². The van der Waals surface area contributed by atoms with Crippen LogP contribution in [0.15, 0.2) is 48.8 Å². The quantitative estimate of drug-likeness (QED) is 0.872. The average molecular weight is 339 g/mol. The van der Waals surface area contributed by atoms with E-state index < -0.39 is 5.60 Å². The predicted octanol–water partition coefficient (Wildman–Crippen LogP) is 3.14. The normalized spacial score (nSPS) is 14.3. The molecule has 1 atom stereocenters. The van der Waals surface area contributed by atoms with Gasteiger partial charge < -0.3 is 5.11 Å². The van der Waals surface area contributed by atoms with Crippen LogP contribution in [0.25, 0.3) is 0 Å². The van der Waals surface area contributed by atoms with E-state index in [9.17, 15) is 5.11 Å². The summed E-state index contributed by atoms with van der Waals surface area (Å²) in [6.45, 7) is 1.84. The standard InChI is InChI=1S/C14H14INO/c1-14(17,10-11-6-8-16-9-7-11)12-2-4-13(15)5-3-12/h2-9,17H,10H2,1H3. The molecule has 0 radical (unpaired) electrons. The Kier molecular flexibility index (Phi) is 3.79. The lowest BCUT2D eigenvalue weighted by Crippen LogP contribution is -2.24. The number of aromatic nitrogens is 1. The number of halogens is 1. The van der Waals surface area contributed by atoms with Crippen LogP contribution in [0.4, 0.5) is 0 Å². The second kappa shape index (κ2) is 5.14. The maximum atomic E-state index is 10.5. The highest BCUT2D eigenvalue weighted by atomic mass is 127. The van der Waals surface area contributed by atoms with Gasteiger partial charge in [-0.15, -0.1) is 0 Å². The highest BCUT2D eigenvalue weighted by Crippen LogP contribution is 2.25. The molecule has 3 heteroatoms. The Balaban J connectivity index is 2.21. The van der Waals surface area contributed by atoms with E-state index in [2.05, 4.69) is 27.6 Å². The second-order valence-corrected chi connectivity index (χ2v) is 5.56. The molecule has 1 N–H and O–H groups in total. The monoisotopic (exact) mass is 339 g/mol. The Morgan fingerprint density at radius 1 is 1.12 bits per heavy atom. The molecule has 1 aromatic carbocycles. The molecule has 2 nitrogen and oxygen atoms in total. The van der Waals surface area contributed by atoms with Crippen molar-refractivity contribution in [2.75, 3.05) is 0 Å². The maximum absolute atomic E-state index is 10.5. The molecule has 17 heavy (non-hydrogen) atoms. The molecule has 0 bridgehead atoms. The molecule has 1 aromatic heterocycles. The molecule has 0 spiro atoms. The molecular weight excluding hydrogens is 325 g/mol. The molecule has 0 amide bonds. The molecule has 2 aromatic rings. The molecule has 2 rings (SSSR count). The van der Waals surface area contributed by atoms with Crippen molar-refractivity contribution >= 4 is 22.6 Å². The zero-order valence-electron chi connectivity index (χ0n) is 9.60. The molecule has 0 saturated heterocycles. The van der Waals surface area contributed by atoms with Crippen molar-refractivity contribution < 1.29 is 5.11 Å². The third-order valence-corrected chi connectivity index (χ3v) is 3.48. The summed E-state index contributed by atoms with van der Waals surface area (Å²) >= 11 is 2.26. The first-order chi connectivity index (χ1) is 8.08. The molecule has 1 unspecified atom stereocenters. The van der Waals surface area contributed by atoms with Crippen LogP contribution < -0.4 is 0 Å². The van der Waals surface area contributed by atoms with Crippen molar-refractivity contribution in [3.05, 3.63) is 63.5 Å². The largest absolute Gasteiger partial charge is 0.385 e. The van der Waals surface area contributed by atoms with E-state index in [1.165, 1.54) is 3.57 Å². The highest BCUT2D eigenvalue weighted by Gasteiger charge is 2.23. The summed E-state index contributed by atoms with van der Waals surface area (Å²) in [5, 5.41) is 10.5. The molecule has 0 saturated carbocycles. The lowest BCUT2D eigenvalue weighted by molar-refractivity contribution is 0.0576. The van der Waals surface area contributed by atoms with Crippen LogP contribution in [0.5, 0.6) is 0 Å². The minimum absolute atomic E-state index is 0.593. The zero-order chi connectivity index (χ0) is 12.3. The second-order valence-electron chi connectivity index (χ2n) is 4.31. The summed E-state index contributed by atoms with van der Waals surface area (Å²) in [6, 6.07) is 11.8. The lowest BCUT2D eigenvalue weighted by atomic mass is 9.89. The summed E-state index contributed by atoms with van der Waals surface area (Å²) in [5.74, 6) is 0. The Bertz CT molecular complexity index is 479. The number of rotatable bonds is 3.